The highest BCUT2D eigenvalue weighted by Crippen LogP contribution is 1.96. The summed E-state index contributed by atoms with van der Waals surface area (Å²) < 4.78 is 2.05. The van der Waals surface area contributed by atoms with E-state index in [-0.39, 0.29) is 0 Å². The van der Waals surface area contributed by atoms with Crippen molar-refractivity contribution < 1.29 is 0 Å². The zero-order valence-electron chi connectivity index (χ0n) is 13.2. The fourth-order valence-corrected chi connectivity index (χ4v) is 2.03. The van der Waals surface area contributed by atoms with Gasteiger partial charge in [-0.15, -0.1) is 10.2 Å². The van der Waals surface area contributed by atoms with Crippen molar-refractivity contribution in [3.63, 3.8) is 0 Å². The minimum absolute atomic E-state index is 0.559. The number of aliphatic imine (C=N–C) groups is 1. The first-order valence-corrected chi connectivity index (χ1v) is 7.62. The Bertz CT molecular complexity index is 577. The van der Waals surface area contributed by atoms with Crippen LogP contribution in [0.3, 0.4) is 0 Å². The highest BCUT2D eigenvalue weighted by molar-refractivity contribution is 5.79. The van der Waals surface area contributed by atoms with Crippen molar-refractivity contribution in [2.24, 2.45) is 4.99 Å². The number of nitrogens with zero attached hydrogens (tertiary/aromatic N) is 5. The molecule has 7 nitrogen and oxygen atoms in total. The fraction of sp³-hybridized carbons (Fsp3) is 0.467. The zero-order valence-corrected chi connectivity index (χ0v) is 13.2. The average molecular weight is 301 g/mol. The summed E-state index contributed by atoms with van der Waals surface area (Å²) >= 11 is 0. The van der Waals surface area contributed by atoms with Gasteiger partial charge in [0.2, 0.25) is 0 Å². The third kappa shape index (κ3) is 4.83. The maximum atomic E-state index is 4.54. The van der Waals surface area contributed by atoms with Crippen LogP contribution in [-0.4, -0.2) is 38.8 Å². The number of nitrogens with one attached hydrogen (secondary N) is 2. The van der Waals surface area contributed by atoms with Gasteiger partial charge in [0.05, 0.1) is 12.2 Å². The first-order chi connectivity index (χ1) is 10.8. The van der Waals surface area contributed by atoms with Crippen LogP contribution >= 0.6 is 0 Å². The Balaban J connectivity index is 1.86. The molecule has 0 amide bonds. The second-order valence-electron chi connectivity index (χ2n) is 4.74. The van der Waals surface area contributed by atoms with Crippen LogP contribution in [0, 0.1) is 0 Å². The topological polar surface area (TPSA) is 80.0 Å². The Morgan fingerprint density at radius 1 is 1.27 bits per heavy atom. The molecule has 0 unspecified atom stereocenters. The number of guanidine groups is 1. The van der Waals surface area contributed by atoms with E-state index in [1.165, 1.54) is 0 Å². The van der Waals surface area contributed by atoms with Crippen LogP contribution in [0.2, 0.25) is 0 Å². The summed E-state index contributed by atoms with van der Waals surface area (Å²) in [4.78, 5) is 8.81. The molecule has 22 heavy (non-hydrogen) atoms. The SMILES string of the molecule is CCNC(=NCc1ccccn1)NCCn1cnnc1CC. The molecule has 0 aromatic carbocycles. The standard InChI is InChI=1S/C15H23N7/c1-3-14-21-20-12-22(14)10-9-18-15(16-4-2)19-11-13-7-5-6-8-17-13/h5-8,12H,3-4,9-11H2,1-2H3,(H2,16,18,19). The molecule has 0 aliphatic rings. The third-order valence-corrected chi connectivity index (χ3v) is 3.13. The predicted octanol–water partition coefficient (Wildman–Crippen LogP) is 0.991. The Labute approximate surface area is 130 Å². The molecule has 7 heteroatoms. The second kappa shape index (κ2) is 8.76. The normalized spacial score (nSPS) is 11.5. The van der Waals surface area contributed by atoms with Gasteiger partial charge in [0.15, 0.2) is 5.96 Å². The maximum absolute atomic E-state index is 4.54. The molecule has 0 spiro atoms. The van der Waals surface area contributed by atoms with Crippen LogP contribution in [-0.2, 0) is 19.5 Å². The van der Waals surface area contributed by atoms with Gasteiger partial charge in [0.1, 0.15) is 12.2 Å². The van der Waals surface area contributed by atoms with Crippen LogP contribution in [0.25, 0.3) is 0 Å². The fourth-order valence-electron chi connectivity index (χ4n) is 2.03. The monoisotopic (exact) mass is 301 g/mol. The maximum Gasteiger partial charge on any atom is 0.191 e. The van der Waals surface area contributed by atoms with E-state index in [1.54, 1.807) is 12.5 Å². The molecule has 118 valence electrons. The van der Waals surface area contributed by atoms with Crippen LogP contribution < -0.4 is 10.6 Å². The van der Waals surface area contributed by atoms with Gasteiger partial charge in [-0.3, -0.25) is 4.98 Å². The third-order valence-electron chi connectivity index (χ3n) is 3.13. The van der Waals surface area contributed by atoms with E-state index < -0.39 is 0 Å². The molecule has 2 aromatic heterocycles. The number of hydrogen-bond acceptors (Lipinski definition) is 4. The van der Waals surface area contributed by atoms with Crippen molar-refractivity contribution in [2.45, 2.75) is 33.4 Å². The Morgan fingerprint density at radius 2 is 2.18 bits per heavy atom. The van der Waals surface area contributed by atoms with E-state index in [4.69, 9.17) is 0 Å². The van der Waals surface area contributed by atoms with Gasteiger partial charge in [0.25, 0.3) is 0 Å². The summed E-state index contributed by atoms with van der Waals surface area (Å²) in [7, 11) is 0. The van der Waals surface area contributed by atoms with Gasteiger partial charge in [-0.2, -0.15) is 0 Å². The van der Waals surface area contributed by atoms with Crippen molar-refractivity contribution in [1.29, 1.82) is 0 Å². The smallest absolute Gasteiger partial charge is 0.191 e. The summed E-state index contributed by atoms with van der Waals surface area (Å²) in [6.07, 6.45) is 4.43. The molecule has 0 bridgehead atoms. The number of hydrogen-bond donors (Lipinski definition) is 2. The highest BCUT2D eigenvalue weighted by Gasteiger charge is 2.02. The summed E-state index contributed by atoms with van der Waals surface area (Å²) in [6.45, 7) is 7.08. The lowest BCUT2D eigenvalue weighted by molar-refractivity contribution is 0.632. The zero-order chi connectivity index (χ0) is 15.6. The Kier molecular flexibility index (Phi) is 6.35. The van der Waals surface area contributed by atoms with Crippen molar-refractivity contribution in [1.82, 2.24) is 30.4 Å². The van der Waals surface area contributed by atoms with Crippen LogP contribution in [0.5, 0.6) is 0 Å². The van der Waals surface area contributed by atoms with E-state index in [0.717, 1.165) is 43.5 Å². The Morgan fingerprint density at radius 3 is 2.91 bits per heavy atom. The van der Waals surface area contributed by atoms with Gasteiger partial charge in [-0.1, -0.05) is 13.0 Å². The van der Waals surface area contributed by atoms with Crippen molar-refractivity contribution in [3.8, 4) is 0 Å². The predicted molar refractivity (Wildman–Crippen MR) is 86.5 cm³/mol. The molecule has 2 aromatic rings. The molecule has 2 heterocycles. The molecule has 0 saturated heterocycles. The number of rotatable bonds is 7. The molecule has 2 rings (SSSR count). The molecule has 0 aliphatic carbocycles. The van der Waals surface area contributed by atoms with Gasteiger partial charge < -0.3 is 15.2 Å². The summed E-state index contributed by atoms with van der Waals surface area (Å²) in [5, 5.41) is 14.6. The minimum Gasteiger partial charge on any atom is -0.357 e. The van der Waals surface area contributed by atoms with E-state index in [2.05, 4.69) is 42.3 Å². The summed E-state index contributed by atoms with van der Waals surface area (Å²) in [5.41, 5.74) is 0.951. The molecule has 0 aliphatic heterocycles. The van der Waals surface area contributed by atoms with Crippen molar-refractivity contribution in [3.05, 3.63) is 42.2 Å². The average Bonchev–Trinajstić information content (AvgIpc) is 3.01. The quantitative estimate of drug-likeness (QED) is 0.589. The van der Waals surface area contributed by atoms with E-state index in [1.807, 2.05) is 25.1 Å². The molecular formula is C15H23N7. The van der Waals surface area contributed by atoms with E-state index >= 15 is 0 Å². The first-order valence-electron chi connectivity index (χ1n) is 7.62. The van der Waals surface area contributed by atoms with Crippen LogP contribution in [0.1, 0.15) is 25.4 Å². The van der Waals surface area contributed by atoms with E-state index in [9.17, 15) is 0 Å². The summed E-state index contributed by atoms with van der Waals surface area (Å²) in [6, 6.07) is 5.84. The highest BCUT2D eigenvalue weighted by atomic mass is 15.3. The van der Waals surface area contributed by atoms with Crippen molar-refractivity contribution in [2.75, 3.05) is 13.1 Å². The molecular weight excluding hydrogens is 278 g/mol. The first kappa shape index (κ1) is 15.9. The lowest BCUT2D eigenvalue weighted by atomic mass is 10.3. The molecule has 0 saturated carbocycles. The van der Waals surface area contributed by atoms with E-state index in [0.29, 0.717) is 6.54 Å². The molecule has 0 atom stereocenters. The van der Waals surface area contributed by atoms with Gasteiger partial charge in [-0.25, -0.2) is 4.99 Å². The largest absolute Gasteiger partial charge is 0.357 e. The molecule has 0 radical (unpaired) electrons. The lowest BCUT2D eigenvalue weighted by Crippen LogP contribution is -2.39. The molecule has 2 N–H and O–H groups in total. The van der Waals surface area contributed by atoms with Crippen molar-refractivity contribution >= 4 is 5.96 Å². The van der Waals surface area contributed by atoms with Gasteiger partial charge in [0, 0.05) is 32.3 Å². The number of aromatic nitrogens is 4. The number of aryl methyl sites for hydroxylation is 1. The van der Waals surface area contributed by atoms with Crippen LogP contribution in [0.15, 0.2) is 35.7 Å². The lowest BCUT2D eigenvalue weighted by Gasteiger charge is -2.12. The van der Waals surface area contributed by atoms with Gasteiger partial charge in [-0.05, 0) is 19.1 Å². The van der Waals surface area contributed by atoms with Crippen LogP contribution in [0.4, 0.5) is 0 Å². The number of pyridine rings is 1. The molecule has 0 fully saturated rings. The minimum atomic E-state index is 0.559. The Hall–Kier alpha value is -2.44. The van der Waals surface area contributed by atoms with Gasteiger partial charge >= 0.3 is 0 Å². The second-order valence-corrected chi connectivity index (χ2v) is 4.74. The summed E-state index contributed by atoms with van der Waals surface area (Å²) in [5.74, 6) is 1.79.